The van der Waals surface area contributed by atoms with Crippen LogP contribution in [0.2, 0.25) is 0 Å². The van der Waals surface area contributed by atoms with E-state index < -0.39 is 4.92 Å². The van der Waals surface area contributed by atoms with Crippen LogP contribution in [0.3, 0.4) is 0 Å². The van der Waals surface area contributed by atoms with Gasteiger partial charge in [-0.05, 0) is 31.5 Å². The molecule has 0 aliphatic heterocycles. The summed E-state index contributed by atoms with van der Waals surface area (Å²) < 4.78 is 0. The Labute approximate surface area is 93.0 Å². The molecule has 0 heterocycles. The molecule has 0 aliphatic carbocycles. The summed E-state index contributed by atoms with van der Waals surface area (Å²) in [5.41, 5.74) is 1.53. The van der Waals surface area contributed by atoms with E-state index in [1.54, 1.807) is 19.1 Å². The zero-order valence-corrected chi connectivity index (χ0v) is 9.14. The molecule has 0 atom stereocenters. The molecule has 0 aliphatic rings. The number of non-ortho nitro benzene ring substituents is 1. The molecule has 5 nitrogen and oxygen atoms in total. The van der Waals surface area contributed by atoms with Gasteiger partial charge in [0.15, 0.2) is 5.78 Å². The van der Waals surface area contributed by atoms with Crippen molar-refractivity contribution in [2.75, 3.05) is 6.54 Å². The van der Waals surface area contributed by atoms with Crippen LogP contribution in [0.25, 0.3) is 0 Å². The Kier molecular flexibility index (Phi) is 3.88. The van der Waals surface area contributed by atoms with Crippen molar-refractivity contribution in [1.82, 2.24) is 0 Å². The number of Topliss-reactive ketones (excluding diaryl/α,β-unsaturated/α-hetero) is 1. The zero-order chi connectivity index (χ0) is 12.1. The monoisotopic (exact) mass is 220 g/mol. The Hall–Kier alpha value is -2.04. The van der Waals surface area contributed by atoms with Crippen LogP contribution in [0.4, 0.5) is 5.69 Å². The first kappa shape index (κ1) is 12.0. The number of nitrogens with zero attached hydrogens (tertiary/aromatic N) is 2. The highest BCUT2D eigenvalue weighted by Crippen LogP contribution is 2.12. The first-order chi connectivity index (χ1) is 7.50. The molecule has 0 bridgehead atoms. The van der Waals surface area contributed by atoms with Gasteiger partial charge in [0.1, 0.15) is 0 Å². The van der Waals surface area contributed by atoms with Crippen molar-refractivity contribution in [3.8, 4) is 0 Å². The second-order valence-corrected chi connectivity index (χ2v) is 3.41. The molecule has 0 aromatic heterocycles. The second-order valence-electron chi connectivity index (χ2n) is 3.41. The second kappa shape index (κ2) is 5.16. The number of hydrogen-bond donors (Lipinski definition) is 0. The third-order valence-electron chi connectivity index (χ3n) is 2.03. The van der Waals surface area contributed by atoms with Gasteiger partial charge in [-0.3, -0.25) is 19.9 Å². The van der Waals surface area contributed by atoms with E-state index in [0.29, 0.717) is 5.71 Å². The van der Waals surface area contributed by atoms with Crippen LogP contribution in [0.15, 0.2) is 29.3 Å². The number of carbonyl (C=O) groups excluding carboxylic acids is 1. The predicted molar refractivity (Wildman–Crippen MR) is 60.9 cm³/mol. The molecule has 0 N–H and O–H groups in total. The first-order valence-corrected chi connectivity index (χ1v) is 4.76. The number of hydrogen-bond acceptors (Lipinski definition) is 4. The number of carbonyl (C=O) groups is 1. The number of ketones is 1. The quantitative estimate of drug-likeness (QED) is 0.442. The molecule has 0 spiro atoms. The molecule has 1 aromatic rings. The summed E-state index contributed by atoms with van der Waals surface area (Å²) in [6.45, 7) is 3.37. The van der Waals surface area contributed by atoms with Gasteiger partial charge >= 0.3 is 0 Å². The van der Waals surface area contributed by atoms with Crippen LogP contribution < -0.4 is 0 Å². The highest BCUT2D eigenvalue weighted by Gasteiger charge is 2.05. The molecule has 0 saturated heterocycles. The van der Waals surface area contributed by atoms with Crippen molar-refractivity contribution in [2.24, 2.45) is 4.99 Å². The lowest BCUT2D eigenvalue weighted by Crippen LogP contribution is -2.01. The molecule has 0 radical (unpaired) electrons. The van der Waals surface area contributed by atoms with E-state index in [-0.39, 0.29) is 18.0 Å². The van der Waals surface area contributed by atoms with E-state index in [1.807, 2.05) is 0 Å². The van der Waals surface area contributed by atoms with Crippen molar-refractivity contribution >= 4 is 17.2 Å². The minimum Gasteiger partial charge on any atom is -0.298 e. The third kappa shape index (κ3) is 3.27. The van der Waals surface area contributed by atoms with Gasteiger partial charge in [0.2, 0.25) is 0 Å². The molecular weight excluding hydrogens is 208 g/mol. The Morgan fingerprint density at radius 1 is 1.31 bits per heavy atom. The van der Waals surface area contributed by atoms with Crippen molar-refractivity contribution in [1.29, 1.82) is 0 Å². The third-order valence-corrected chi connectivity index (χ3v) is 2.03. The van der Waals surface area contributed by atoms with E-state index in [0.717, 1.165) is 5.56 Å². The molecule has 5 heteroatoms. The van der Waals surface area contributed by atoms with Gasteiger partial charge < -0.3 is 0 Å². The molecule has 0 saturated carbocycles. The van der Waals surface area contributed by atoms with Gasteiger partial charge in [-0.15, -0.1) is 0 Å². The van der Waals surface area contributed by atoms with Crippen molar-refractivity contribution in [3.63, 3.8) is 0 Å². The van der Waals surface area contributed by atoms with Crippen LogP contribution in [-0.4, -0.2) is 23.0 Å². The molecule has 16 heavy (non-hydrogen) atoms. The molecule has 0 fully saturated rings. The summed E-state index contributed by atoms with van der Waals surface area (Å²) >= 11 is 0. The van der Waals surface area contributed by atoms with Gasteiger partial charge in [-0.25, -0.2) is 0 Å². The van der Waals surface area contributed by atoms with Crippen LogP contribution in [0.1, 0.15) is 19.4 Å². The first-order valence-electron chi connectivity index (χ1n) is 4.76. The van der Waals surface area contributed by atoms with Gasteiger partial charge in [0.05, 0.1) is 11.5 Å². The normalized spacial score (nSPS) is 11.2. The number of aliphatic imine (C=N–C) groups is 1. The summed E-state index contributed by atoms with van der Waals surface area (Å²) in [4.78, 5) is 24.8. The Morgan fingerprint density at radius 3 is 2.31 bits per heavy atom. The zero-order valence-electron chi connectivity index (χ0n) is 9.14. The van der Waals surface area contributed by atoms with Crippen LogP contribution in [-0.2, 0) is 4.79 Å². The number of nitro benzene ring substituents is 1. The van der Waals surface area contributed by atoms with Gasteiger partial charge in [0.25, 0.3) is 5.69 Å². The highest BCUT2D eigenvalue weighted by molar-refractivity contribution is 5.99. The van der Waals surface area contributed by atoms with Crippen molar-refractivity contribution < 1.29 is 9.72 Å². The summed E-state index contributed by atoms with van der Waals surface area (Å²) in [5.74, 6) is -0.0127. The van der Waals surface area contributed by atoms with Crippen LogP contribution in [0, 0.1) is 10.1 Å². The SMILES string of the molecule is CC(=O)CN=C(C)c1ccc([N+](=O)[O-])cc1. The lowest BCUT2D eigenvalue weighted by Gasteiger charge is -1.99. The van der Waals surface area contributed by atoms with Crippen LogP contribution >= 0.6 is 0 Å². The summed E-state index contributed by atoms with van der Waals surface area (Å²) in [5, 5.41) is 10.4. The van der Waals surface area contributed by atoms with E-state index >= 15 is 0 Å². The minimum atomic E-state index is -0.453. The van der Waals surface area contributed by atoms with Gasteiger partial charge in [0, 0.05) is 17.8 Å². The number of benzene rings is 1. The molecule has 1 rings (SSSR count). The van der Waals surface area contributed by atoms with Crippen LogP contribution in [0.5, 0.6) is 0 Å². The smallest absolute Gasteiger partial charge is 0.269 e. The van der Waals surface area contributed by atoms with Crippen molar-refractivity contribution in [3.05, 3.63) is 39.9 Å². The average Bonchev–Trinajstić information content (AvgIpc) is 2.26. The van der Waals surface area contributed by atoms with E-state index in [2.05, 4.69) is 4.99 Å². The maximum absolute atomic E-state index is 10.7. The fourth-order valence-corrected chi connectivity index (χ4v) is 1.15. The standard InChI is InChI=1S/C11H12N2O3/c1-8(14)7-12-9(2)10-3-5-11(6-4-10)13(15)16/h3-6H,7H2,1-2H3. The summed E-state index contributed by atoms with van der Waals surface area (Å²) in [6.07, 6.45) is 0. The van der Waals surface area contributed by atoms with Gasteiger partial charge in [-0.1, -0.05) is 0 Å². The van der Waals surface area contributed by atoms with Gasteiger partial charge in [-0.2, -0.15) is 0 Å². The van der Waals surface area contributed by atoms with Crippen molar-refractivity contribution in [2.45, 2.75) is 13.8 Å². The molecule has 84 valence electrons. The number of nitro groups is 1. The lowest BCUT2D eigenvalue weighted by molar-refractivity contribution is -0.384. The summed E-state index contributed by atoms with van der Waals surface area (Å²) in [6, 6.07) is 6.08. The van der Waals surface area contributed by atoms with E-state index in [4.69, 9.17) is 0 Å². The highest BCUT2D eigenvalue weighted by atomic mass is 16.6. The number of rotatable bonds is 4. The predicted octanol–water partition coefficient (Wildman–Crippen LogP) is 1.99. The summed E-state index contributed by atoms with van der Waals surface area (Å²) in [7, 11) is 0. The minimum absolute atomic E-state index is 0.0127. The fourth-order valence-electron chi connectivity index (χ4n) is 1.15. The maximum Gasteiger partial charge on any atom is 0.269 e. The Balaban J connectivity index is 2.85. The molecular formula is C11H12N2O3. The fraction of sp³-hybridized carbons (Fsp3) is 0.273. The molecule has 0 amide bonds. The largest absolute Gasteiger partial charge is 0.298 e. The Bertz CT molecular complexity index is 435. The van der Waals surface area contributed by atoms with E-state index in [1.165, 1.54) is 19.1 Å². The molecule has 0 unspecified atom stereocenters. The van der Waals surface area contributed by atoms with E-state index in [9.17, 15) is 14.9 Å². The topological polar surface area (TPSA) is 72.6 Å². The maximum atomic E-state index is 10.7. The lowest BCUT2D eigenvalue weighted by atomic mass is 10.1. The average molecular weight is 220 g/mol. The molecule has 1 aromatic carbocycles. The Morgan fingerprint density at radius 2 is 1.88 bits per heavy atom.